The van der Waals surface area contributed by atoms with Crippen molar-refractivity contribution >= 4 is 18.4 Å². The Morgan fingerprint density at radius 3 is 2.59 bits per heavy atom. The Kier molecular flexibility index (Phi) is 6.23. The molecule has 100 valence electrons. The summed E-state index contributed by atoms with van der Waals surface area (Å²) in [6.07, 6.45) is 5.19. The van der Waals surface area contributed by atoms with Crippen molar-refractivity contribution in [3.63, 3.8) is 0 Å². The summed E-state index contributed by atoms with van der Waals surface area (Å²) in [6, 6.07) is -0.239. The normalized spacial score (nSPS) is 27.4. The lowest BCUT2D eigenvalue weighted by Crippen LogP contribution is -2.47. The van der Waals surface area contributed by atoms with Crippen molar-refractivity contribution in [2.24, 2.45) is 5.92 Å². The molecule has 2 saturated heterocycles. The summed E-state index contributed by atoms with van der Waals surface area (Å²) in [5, 5.41) is 9.17. The number of likely N-dealkylation sites (tertiary alicyclic amines) is 1. The summed E-state index contributed by atoms with van der Waals surface area (Å²) in [7, 11) is 0. The van der Waals surface area contributed by atoms with Crippen LogP contribution in [0.4, 0.5) is 0 Å². The number of nitrogens with zero attached hydrogens (tertiary/aromatic N) is 1. The zero-order chi connectivity index (χ0) is 11.4. The molecule has 4 nitrogen and oxygen atoms in total. The second-order valence-corrected chi connectivity index (χ2v) is 4.90. The lowest BCUT2D eigenvalue weighted by molar-refractivity contribution is -0.145. The minimum absolute atomic E-state index is 0. The number of carboxylic acids is 1. The van der Waals surface area contributed by atoms with Gasteiger partial charge in [-0.25, -0.2) is 0 Å². The molecule has 0 radical (unpaired) electrons. The molecule has 2 heterocycles. The van der Waals surface area contributed by atoms with Crippen LogP contribution in [0.5, 0.6) is 0 Å². The molecule has 0 spiro atoms. The van der Waals surface area contributed by atoms with Gasteiger partial charge in [-0.05, 0) is 38.1 Å². The van der Waals surface area contributed by atoms with Gasteiger partial charge >= 0.3 is 5.97 Å². The predicted molar refractivity (Wildman–Crippen MR) is 67.6 cm³/mol. The van der Waals surface area contributed by atoms with Crippen molar-refractivity contribution in [3.8, 4) is 0 Å². The van der Waals surface area contributed by atoms with Gasteiger partial charge in [-0.3, -0.25) is 9.69 Å². The van der Waals surface area contributed by atoms with Crippen molar-refractivity contribution < 1.29 is 14.6 Å². The molecule has 5 heteroatoms. The van der Waals surface area contributed by atoms with E-state index < -0.39 is 5.97 Å². The van der Waals surface area contributed by atoms with Crippen molar-refractivity contribution in [2.75, 3.05) is 26.3 Å². The maximum absolute atomic E-state index is 11.1. The topological polar surface area (TPSA) is 49.8 Å². The van der Waals surface area contributed by atoms with Crippen LogP contribution in [0.2, 0.25) is 0 Å². The molecule has 0 aromatic heterocycles. The third kappa shape index (κ3) is 4.12. The molecule has 0 saturated carbocycles. The van der Waals surface area contributed by atoms with E-state index in [-0.39, 0.29) is 18.4 Å². The van der Waals surface area contributed by atoms with E-state index in [1.807, 2.05) is 0 Å². The SMILES string of the molecule is Cl.O=C(O)C1CCCCN1CC1CCOCC1. The molecule has 0 aliphatic carbocycles. The Bertz CT molecular complexity index is 244. The molecule has 2 fully saturated rings. The summed E-state index contributed by atoms with van der Waals surface area (Å²) in [5.74, 6) is -0.0135. The van der Waals surface area contributed by atoms with E-state index in [0.717, 1.165) is 58.4 Å². The van der Waals surface area contributed by atoms with Crippen LogP contribution >= 0.6 is 12.4 Å². The Labute approximate surface area is 109 Å². The summed E-state index contributed by atoms with van der Waals surface area (Å²) in [6.45, 7) is 3.58. The summed E-state index contributed by atoms with van der Waals surface area (Å²) >= 11 is 0. The second kappa shape index (κ2) is 7.19. The quantitative estimate of drug-likeness (QED) is 0.843. The molecular formula is C12H22ClNO3. The fourth-order valence-electron chi connectivity index (χ4n) is 2.75. The lowest BCUT2D eigenvalue weighted by Gasteiger charge is -2.36. The first-order valence-corrected chi connectivity index (χ1v) is 6.32. The van der Waals surface area contributed by atoms with Crippen molar-refractivity contribution in [2.45, 2.75) is 38.1 Å². The van der Waals surface area contributed by atoms with Crippen molar-refractivity contribution in [1.29, 1.82) is 0 Å². The third-order valence-corrected chi connectivity index (χ3v) is 3.73. The van der Waals surface area contributed by atoms with Gasteiger partial charge in [-0.15, -0.1) is 12.4 Å². The average molecular weight is 264 g/mol. The maximum atomic E-state index is 11.1. The molecule has 2 rings (SSSR count). The fraction of sp³-hybridized carbons (Fsp3) is 0.917. The van der Waals surface area contributed by atoms with Gasteiger partial charge in [0.15, 0.2) is 0 Å². The van der Waals surface area contributed by atoms with E-state index in [9.17, 15) is 9.90 Å². The number of piperidine rings is 1. The molecule has 0 amide bonds. The van der Waals surface area contributed by atoms with Gasteiger partial charge in [-0.2, -0.15) is 0 Å². The van der Waals surface area contributed by atoms with Crippen LogP contribution in [0.25, 0.3) is 0 Å². The fourth-order valence-corrected chi connectivity index (χ4v) is 2.75. The van der Waals surface area contributed by atoms with Crippen molar-refractivity contribution in [1.82, 2.24) is 4.90 Å². The van der Waals surface area contributed by atoms with E-state index >= 15 is 0 Å². The van der Waals surface area contributed by atoms with E-state index in [2.05, 4.69) is 4.90 Å². The first kappa shape index (κ1) is 14.7. The number of ether oxygens (including phenoxy) is 1. The number of carbonyl (C=O) groups is 1. The standard InChI is InChI=1S/C12H21NO3.ClH/c14-12(15)11-3-1-2-6-13(11)9-10-4-7-16-8-5-10;/h10-11H,1-9H2,(H,14,15);1H. The molecule has 0 aromatic rings. The monoisotopic (exact) mass is 263 g/mol. The number of hydrogen-bond acceptors (Lipinski definition) is 3. The zero-order valence-electron chi connectivity index (χ0n) is 10.1. The van der Waals surface area contributed by atoms with Crippen LogP contribution in [-0.4, -0.2) is 48.3 Å². The van der Waals surface area contributed by atoms with Crippen molar-refractivity contribution in [3.05, 3.63) is 0 Å². The Hall–Kier alpha value is -0.320. The molecule has 2 aliphatic heterocycles. The predicted octanol–water partition coefficient (Wildman–Crippen LogP) is 1.77. The maximum Gasteiger partial charge on any atom is 0.320 e. The van der Waals surface area contributed by atoms with Crippen LogP contribution in [0.3, 0.4) is 0 Å². The highest BCUT2D eigenvalue weighted by Crippen LogP contribution is 2.22. The summed E-state index contributed by atoms with van der Waals surface area (Å²) in [5.41, 5.74) is 0. The highest BCUT2D eigenvalue weighted by Gasteiger charge is 2.30. The van der Waals surface area contributed by atoms with Gasteiger partial charge in [0.2, 0.25) is 0 Å². The van der Waals surface area contributed by atoms with E-state index in [0.29, 0.717) is 5.92 Å². The first-order valence-electron chi connectivity index (χ1n) is 6.32. The highest BCUT2D eigenvalue weighted by atomic mass is 35.5. The van der Waals surface area contributed by atoms with E-state index in [4.69, 9.17) is 4.74 Å². The Morgan fingerprint density at radius 1 is 1.24 bits per heavy atom. The minimum atomic E-state index is -0.647. The first-order chi connectivity index (χ1) is 7.77. The lowest BCUT2D eigenvalue weighted by atomic mass is 9.95. The molecular weight excluding hydrogens is 242 g/mol. The molecule has 1 unspecified atom stereocenters. The Morgan fingerprint density at radius 2 is 1.94 bits per heavy atom. The molecule has 0 bridgehead atoms. The van der Waals surface area contributed by atoms with Crippen LogP contribution in [0.15, 0.2) is 0 Å². The molecule has 1 atom stereocenters. The number of rotatable bonds is 3. The smallest absolute Gasteiger partial charge is 0.320 e. The highest BCUT2D eigenvalue weighted by molar-refractivity contribution is 5.85. The van der Waals surface area contributed by atoms with Crippen LogP contribution in [-0.2, 0) is 9.53 Å². The Balaban J connectivity index is 0.00000144. The number of carboxylic acid groups (broad SMARTS) is 1. The molecule has 1 N–H and O–H groups in total. The minimum Gasteiger partial charge on any atom is -0.480 e. The van der Waals surface area contributed by atoms with E-state index in [1.165, 1.54) is 0 Å². The largest absolute Gasteiger partial charge is 0.480 e. The molecule has 0 aromatic carbocycles. The van der Waals surface area contributed by atoms with Gasteiger partial charge in [0, 0.05) is 19.8 Å². The van der Waals surface area contributed by atoms with Gasteiger partial charge in [0.25, 0.3) is 0 Å². The van der Waals surface area contributed by atoms with Gasteiger partial charge in [0.1, 0.15) is 6.04 Å². The van der Waals surface area contributed by atoms with E-state index in [1.54, 1.807) is 0 Å². The third-order valence-electron chi connectivity index (χ3n) is 3.73. The number of hydrogen-bond donors (Lipinski definition) is 1. The number of halogens is 1. The van der Waals surface area contributed by atoms with Crippen LogP contribution in [0.1, 0.15) is 32.1 Å². The number of aliphatic carboxylic acids is 1. The second-order valence-electron chi connectivity index (χ2n) is 4.90. The zero-order valence-corrected chi connectivity index (χ0v) is 11.0. The molecule has 17 heavy (non-hydrogen) atoms. The summed E-state index contributed by atoms with van der Waals surface area (Å²) in [4.78, 5) is 13.3. The summed E-state index contributed by atoms with van der Waals surface area (Å²) < 4.78 is 5.33. The van der Waals surface area contributed by atoms with Gasteiger partial charge in [-0.1, -0.05) is 6.42 Å². The van der Waals surface area contributed by atoms with Gasteiger partial charge < -0.3 is 9.84 Å². The molecule has 2 aliphatic rings. The average Bonchev–Trinajstić information content (AvgIpc) is 2.31. The van der Waals surface area contributed by atoms with Crippen LogP contribution in [0, 0.1) is 5.92 Å². The van der Waals surface area contributed by atoms with Crippen LogP contribution < -0.4 is 0 Å². The van der Waals surface area contributed by atoms with Gasteiger partial charge in [0.05, 0.1) is 0 Å².